The van der Waals surface area contributed by atoms with Crippen molar-refractivity contribution in [3.63, 3.8) is 0 Å². The first-order chi connectivity index (χ1) is 11.0. The van der Waals surface area contributed by atoms with E-state index in [0.717, 1.165) is 17.1 Å². The summed E-state index contributed by atoms with van der Waals surface area (Å²) in [5.41, 5.74) is 2.27. The summed E-state index contributed by atoms with van der Waals surface area (Å²) in [5, 5.41) is 3.66. The van der Waals surface area contributed by atoms with Crippen molar-refractivity contribution < 1.29 is 4.79 Å². The Balaban J connectivity index is 1.69. The average molecular weight is 329 g/mol. The number of carbonyl (C=O) groups is 1. The number of hydrogen-bond donors (Lipinski definition) is 1. The van der Waals surface area contributed by atoms with E-state index in [-0.39, 0.29) is 11.9 Å². The monoisotopic (exact) mass is 329 g/mol. The molecule has 0 aliphatic carbocycles. The maximum atomic E-state index is 12.6. The Kier molecular flexibility index (Phi) is 4.50. The largest absolute Gasteiger partial charge is 0.301 e. The minimum Gasteiger partial charge on any atom is -0.301 e. The lowest BCUT2D eigenvalue weighted by Gasteiger charge is -2.49. The highest BCUT2D eigenvalue weighted by atomic mass is 32.1. The molecule has 0 bridgehead atoms. The number of rotatable bonds is 4. The lowest BCUT2D eigenvalue weighted by molar-refractivity contribution is -0.126. The van der Waals surface area contributed by atoms with Gasteiger partial charge in [0.1, 0.15) is 0 Å². The Morgan fingerprint density at radius 2 is 2.04 bits per heavy atom. The SMILES string of the molecule is Cc1nc(NC(=O)C(C)N2CC(C)C2c2ccccc2)sc1C. The number of carbonyl (C=O) groups excluding carboxylic acids is 1. The molecule has 3 rings (SSSR count). The molecule has 5 heteroatoms. The van der Waals surface area contributed by atoms with Gasteiger partial charge in [-0.15, -0.1) is 11.3 Å². The molecule has 1 N–H and O–H groups in total. The molecule has 2 heterocycles. The van der Waals surface area contributed by atoms with Crippen LogP contribution < -0.4 is 5.32 Å². The van der Waals surface area contributed by atoms with Gasteiger partial charge < -0.3 is 5.32 Å². The number of nitrogens with one attached hydrogen (secondary N) is 1. The van der Waals surface area contributed by atoms with E-state index in [4.69, 9.17) is 0 Å². The van der Waals surface area contributed by atoms with E-state index in [1.54, 1.807) is 0 Å². The molecule has 23 heavy (non-hydrogen) atoms. The summed E-state index contributed by atoms with van der Waals surface area (Å²) in [6.45, 7) is 9.16. The number of aromatic nitrogens is 1. The Morgan fingerprint density at radius 1 is 1.35 bits per heavy atom. The molecule has 0 spiro atoms. The first kappa shape index (κ1) is 16.1. The Morgan fingerprint density at radius 3 is 2.61 bits per heavy atom. The van der Waals surface area contributed by atoms with E-state index in [0.29, 0.717) is 17.1 Å². The van der Waals surface area contributed by atoms with Crippen LogP contribution in [0.15, 0.2) is 30.3 Å². The predicted octanol–water partition coefficient (Wildman–Crippen LogP) is 3.78. The van der Waals surface area contributed by atoms with Crippen LogP contribution in [-0.2, 0) is 4.79 Å². The zero-order chi connectivity index (χ0) is 16.6. The number of thiazole rings is 1. The van der Waals surface area contributed by atoms with Crippen molar-refractivity contribution in [3.05, 3.63) is 46.5 Å². The molecule has 4 nitrogen and oxygen atoms in total. The van der Waals surface area contributed by atoms with E-state index >= 15 is 0 Å². The van der Waals surface area contributed by atoms with Crippen molar-refractivity contribution in [2.45, 2.75) is 39.8 Å². The number of hydrogen-bond acceptors (Lipinski definition) is 4. The Hall–Kier alpha value is -1.72. The van der Waals surface area contributed by atoms with E-state index < -0.39 is 0 Å². The van der Waals surface area contributed by atoms with Gasteiger partial charge in [-0.2, -0.15) is 0 Å². The number of anilines is 1. The second-order valence-electron chi connectivity index (χ2n) is 6.36. The second kappa shape index (κ2) is 6.42. The third-order valence-electron chi connectivity index (χ3n) is 4.67. The van der Waals surface area contributed by atoms with Crippen molar-refractivity contribution in [2.75, 3.05) is 11.9 Å². The van der Waals surface area contributed by atoms with Gasteiger partial charge in [0.2, 0.25) is 5.91 Å². The number of aryl methyl sites for hydroxylation is 2. The van der Waals surface area contributed by atoms with E-state index in [1.807, 2.05) is 26.8 Å². The summed E-state index contributed by atoms with van der Waals surface area (Å²) in [6, 6.07) is 10.6. The number of nitrogens with zero attached hydrogens (tertiary/aromatic N) is 2. The maximum Gasteiger partial charge on any atom is 0.243 e. The third kappa shape index (κ3) is 3.16. The van der Waals surface area contributed by atoms with Gasteiger partial charge in [0.15, 0.2) is 5.13 Å². The minimum absolute atomic E-state index is 0.0200. The van der Waals surface area contributed by atoms with Crippen molar-refractivity contribution in [3.8, 4) is 0 Å². The summed E-state index contributed by atoms with van der Waals surface area (Å²) in [5.74, 6) is 0.587. The molecule has 1 aliphatic heterocycles. The van der Waals surface area contributed by atoms with Gasteiger partial charge >= 0.3 is 0 Å². The van der Waals surface area contributed by atoms with Crippen LogP contribution in [0.3, 0.4) is 0 Å². The first-order valence-electron chi connectivity index (χ1n) is 8.03. The fraction of sp³-hybridized carbons (Fsp3) is 0.444. The highest BCUT2D eigenvalue weighted by molar-refractivity contribution is 7.15. The van der Waals surface area contributed by atoms with E-state index in [2.05, 4.69) is 46.4 Å². The van der Waals surface area contributed by atoms with Crippen LogP contribution in [0.2, 0.25) is 0 Å². The molecule has 0 radical (unpaired) electrons. The van der Waals surface area contributed by atoms with Crippen molar-refractivity contribution in [1.82, 2.24) is 9.88 Å². The van der Waals surface area contributed by atoms with Crippen LogP contribution in [-0.4, -0.2) is 28.4 Å². The van der Waals surface area contributed by atoms with Crippen LogP contribution in [0.25, 0.3) is 0 Å². The highest BCUT2D eigenvalue weighted by Crippen LogP contribution is 2.40. The van der Waals surface area contributed by atoms with Gasteiger partial charge in [-0.1, -0.05) is 37.3 Å². The number of amides is 1. The topological polar surface area (TPSA) is 45.2 Å². The molecule has 1 amide bonds. The summed E-state index contributed by atoms with van der Waals surface area (Å²) < 4.78 is 0. The summed E-state index contributed by atoms with van der Waals surface area (Å²) in [6.07, 6.45) is 0. The molecule has 0 saturated carbocycles. The summed E-state index contributed by atoms with van der Waals surface area (Å²) >= 11 is 1.53. The quantitative estimate of drug-likeness (QED) is 0.928. The molecule has 1 fully saturated rings. The smallest absolute Gasteiger partial charge is 0.243 e. The summed E-state index contributed by atoms with van der Waals surface area (Å²) in [7, 11) is 0. The van der Waals surface area contributed by atoms with Crippen molar-refractivity contribution in [1.29, 1.82) is 0 Å². The van der Waals surface area contributed by atoms with Crippen LogP contribution in [0, 0.1) is 19.8 Å². The molecule has 122 valence electrons. The Labute approximate surface area is 141 Å². The Bertz CT molecular complexity index is 678. The van der Waals surface area contributed by atoms with Crippen LogP contribution in [0.4, 0.5) is 5.13 Å². The molecule has 3 atom stereocenters. The normalized spacial score (nSPS) is 22.4. The van der Waals surface area contributed by atoms with Crippen molar-refractivity contribution >= 4 is 22.4 Å². The highest BCUT2D eigenvalue weighted by Gasteiger charge is 2.41. The molecule has 1 saturated heterocycles. The number of benzene rings is 1. The molecule has 1 aromatic heterocycles. The molecular weight excluding hydrogens is 306 g/mol. The standard InChI is InChI=1S/C18H23N3OS/c1-11-10-21(16(11)15-8-6-5-7-9-15)13(3)17(22)20-18-19-12(2)14(4)23-18/h5-9,11,13,16H,10H2,1-4H3,(H,19,20,22). The molecular formula is C18H23N3OS. The lowest BCUT2D eigenvalue weighted by atomic mass is 9.83. The van der Waals surface area contributed by atoms with Crippen LogP contribution >= 0.6 is 11.3 Å². The lowest BCUT2D eigenvalue weighted by Crippen LogP contribution is -2.56. The van der Waals surface area contributed by atoms with Gasteiger partial charge in [0.25, 0.3) is 0 Å². The van der Waals surface area contributed by atoms with Gasteiger partial charge in [-0.25, -0.2) is 4.98 Å². The second-order valence-corrected chi connectivity index (χ2v) is 7.56. The molecule has 3 unspecified atom stereocenters. The van der Waals surface area contributed by atoms with E-state index in [9.17, 15) is 4.79 Å². The van der Waals surface area contributed by atoms with Crippen molar-refractivity contribution in [2.24, 2.45) is 5.92 Å². The van der Waals surface area contributed by atoms with Crippen LogP contribution in [0.5, 0.6) is 0 Å². The maximum absolute atomic E-state index is 12.6. The van der Waals surface area contributed by atoms with Crippen LogP contribution in [0.1, 0.15) is 36.0 Å². The fourth-order valence-electron chi connectivity index (χ4n) is 3.19. The van der Waals surface area contributed by atoms with Gasteiger partial charge in [0, 0.05) is 17.5 Å². The predicted molar refractivity (Wildman–Crippen MR) is 94.7 cm³/mol. The number of likely N-dealkylation sites (tertiary alicyclic amines) is 1. The zero-order valence-corrected chi connectivity index (χ0v) is 14.9. The molecule has 1 aromatic carbocycles. The van der Waals surface area contributed by atoms with Gasteiger partial charge in [-0.05, 0) is 32.3 Å². The van der Waals surface area contributed by atoms with E-state index in [1.165, 1.54) is 16.9 Å². The minimum atomic E-state index is -0.166. The molecule has 1 aliphatic rings. The van der Waals surface area contributed by atoms with Gasteiger partial charge in [-0.3, -0.25) is 9.69 Å². The first-order valence-corrected chi connectivity index (χ1v) is 8.84. The average Bonchev–Trinajstić information content (AvgIpc) is 2.83. The third-order valence-corrected chi connectivity index (χ3v) is 5.66. The molecule has 2 aromatic rings. The zero-order valence-electron chi connectivity index (χ0n) is 14.0. The summed E-state index contributed by atoms with van der Waals surface area (Å²) in [4.78, 5) is 20.4. The van der Waals surface area contributed by atoms with Gasteiger partial charge in [0.05, 0.1) is 11.7 Å². The fourth-order valence-corrected chi connectivity index (χ4v) is 4.01.